The van der Waals surface area contributed by atoms with Gasteiger partial charge < -0.3 is 0 Å². The highest BCUT2D eigenvalue weighted by Crippen LogP contribution is 2.24. The summed E-state index contributed by atoms with van der Waals surface area (Å²) in [7, 11) is 0. The Kier molecular flexibility index (Phi) is 3.62. The number of rotatable bonds is 2. The van der Waals surface area contributed by atoms with Gasteiger partial charge >= 0.3 is 0 Å². The number of aryl methyl sites for hydroxylation is 3. The summed E-state index contributed by atoms with van der Waals surface area (Å²) in [4.78, 5) is 12.6. The minimum Gasteiger partial charge on any atom is -0.289 e. The van der Waals surface area contributed by atoms with Gasteiger partial charge in [-0.2, -0.15) is 0 Å². The fourth-order valence-electron chi connectivity index (χ4n) is 2.91. The summed E-state index contributed by atoms with van der Waals surface area (Å²) < 4.78 is 0. The van der Waals surface area contributed by atoms with Crippen LogP contribution in [0.5, 0.6) is 0 Å². The third kappa shape index (κ3) is 2.64. The average molecular weight is 285 g/mol. The molecule has 0 fully saturated rings. The lowest BCUT2D eigenvalue weighted by Gasteiger charge is -2.16. The van der Waals surface area contributed by atoms with Gasteiger partial charge in [-0.25, -0.2) is 0 Å². The van der Waals surface area contributed by atoms with Crippen molar-refractivity contribution in [2.75, 3.05) is 0 Å². The van der Waals surface area contributed by atoms with Crippen molar-refractivity contribution in [3.8, 4) is 0 Å². The predicted molar refractivity (Wildman–Crippen MR) is 82.7 cm³/mol. The fraction of sp³-hybridized carbons (Fsp3) is 0.278. The van der Waals surface area contributed by atoms with Crippen LogP contribution < -0.4 is 0 Å². The van der Waals surface area contributed by atoms with Crippen LogP contribution in [0.3, 0.4) is 0 Å². The standard InChI is InChI=1S/C18H17ClO/c1-12-8-16(11-17(19)9-12)18(20)15-7-6-13-4-2-3-5-14(13)10-15/h6-11H,2-5H2,1H3. The van der Waals surface area contributed by atoms with Gasteiger partial charge in [0, 0.05) is 16.1 Å². The maximum Gasteiger partial charge on any atom is 0.193 e. The van der Waals surface area contributed by atoms with Crippen molar-refractivity contribution in [1.82, 2.24) is 0 Å². The summed E-state index contributed by atoms with van der Waals surface area (Å²) in [6, 6.07) is 11.6. The Morgan fingerprint density at radius 1 is 0.950 bits per heavy atom. The van der Waals surface area contributed by atoms with E-state index in [1.54, 1.807) is 6.07 Å². The van der Waals surface area contributed by atoms with Crippen LogP contribution in [0.2, 0.25) is 5.02 Å². The van der Waals surface area contributed by atoms with E-state index in [-0.39, 0.29) is 5.78 Å². The molecule has 3 rings (SSSR count). The second-order valence-electron chi connectivity index (χ2n) is 5.54. The zero-order valence-electron chi connectivity index (χ0n) is 11.6. The Bertz CT molecular complexity index is 653. The Morgan fingerprint density at radius 2 is 1.70 bits per heavy atom. The van der Waals surface area contributed by atoms with Gasteiger partial charge in [0.05, 0.1) is 0 Å². The lowest BCUT2D eigenvalue weighted by Crippen LogP contribution is -2.07. The number of fused-ring (bicyclic) bond motifs is 1. The predicted octanol–water partition coefficient (Wildman–Crippen LogP) is 4.76. The Labute approximate surface area is 124 Å². The second-order valence-corrected chi connectivity index (χ2v) is 5.97. The van der Waals surface area contributed by atoms with Crippen LogP contribution in [0.1, 0.15) is 45.5 Å². The molecule has 0 heterocycles. The summed E-state index contributed by atoms with van der Waals surface area (Å²) in [6.07, 6.45) is 4.71. The number of carbonyl (C=O) groups is 1. The van der Waals surface area contributed by atoms with Crippen molar-refractivity contribution < 1.29 is 4.79 Å². The molecule has 0 aromatic heterocycles. The maximum atomic E-state index is 12.6. The topological polar surface area (TPSA) is 17.1 Å². The van der Waals surface area contributed by atoms with Gasteiger partial charge in [-0.3, -0.25) is 4.79 Å². The van der Waals surface area contributed by atoms with Gasteiger partial charge in [0.25, 0.3) is 0 Å². The molecule has 1 nitrogen and oxygen atoms in total. The van der Waals surface area contributed by atoms with E-state index in [0.29, 0.717) is 10.6 Å². The summed E-state index contributed by atoms with van der Waals surface area (Å²) in [5.74, 6) is 0.0592. The highest BCUT2D eigenvalue weighted by atomic mass is 35.5. The molecule has 0 N–H and O–H groups in total. The monoisotopic (exact) mass is 284 g/mol. The summed E-state index contributed by atoms with van der Waals surface area (Å²) in [5, 5.41) is 0.617. The molecule has 1 aliphatic rings. The van der Waals surface area contributed by atoms with E-state index >= 15 is 0 Å². The quantitative estimate of drug-likeness (QED) is 0.727. The molecular weight excluding hydrogens is 268 g/mol. The SMILES string of the molecule is Cc1cc(Cl)cc(C(=O)c2ccc3c(c2)CCCC3)c1. The van der Waals surface area contributed by atoms with Crippen LogP contribution in [0.15, 0.2) is 36.4 Å². The first-order valence-electron chi connectivity index (χ1n) is 7.07. The molecule has 0 amide bonds. The molecule has 2 heteroatoms. The van der Waals surface area contributed by atoms with E-state index in [0.717, 1.165) is 24.0 Å². The average Bonchev–Trinajstić information content (AvgIpc) is 2.45. The summed E-state index contributed by atoms with van der Waals surface area (Å²) in [6.45, 7) is 1.95. The first-order valence-corrected chi connectivity index (χ1v) is 7.45. The highest BCUT2D eigenvalue weighted by Gasteiger charge is 2.14. The molecule has 0 aliphatic heterocycles. The van der Waals surface area contributed by atoms with Crippen molar-refractivity contribution in [3.05, 3.63) is 69.2 Å². The van der Waals surface area contributed by atoms with Crippen LogP contribution in [-0.2, 0) is 12.8 Å². The van der Waals surface area contributed by atoms with E-state index in [9.17, 15) is 4.79 Å². The van der Waals surface area contributed by atoms with E-state index in [1.165, 1.54) is 24.0 Å². The van der Waals surface area contributed by atoms with Crippen molar-refractivity contribution in [2.45, 2.75) is 32.6 Å². The zero-order chi connectivity index (χ0) is 14.1. The van der Waals surface area contributed by atoms with E-state index in [4.69, 9.17) is 11.6 Å². The largest absolute Gasteiger partial charge is 0.289 e. The van der Waals surface area contributed by atoms with E-state index in [1.807, 2.05) is 25.1 Å². The van der Waals surface area contributed by atoms with Crippen LogP contribution in [0.25, 0.3) is 0 Å². The molecular formula is C18H17ClO. The van der Waals surface area contributed by atoms with Crippen LogP contribution in [0.4, 0.5) is 0 Å². The third-order valence-corrected chi connectivity index (χ3v) is 4.13. The lowest BCUT2D eigenvalue weighted by atomic mass is 9.89. The van der Waals surface area contributed by atoms with Crippen LogP contribution in [-0.4, -0.2) is 5.78 Å². The summed E-state index contributed by atoms with van der Waals surface area (Å²) >= 11 is 6.04. The van der Waals surface area contributed by atoms with Gasteiger partial charge in [0.2, 0.25) is 0 Å². The Balaban J connectivity index is 1.97. The minimum atomic E-state index is 0.0592. The minimum absolute atomic E-state index is 0.0592. The van der Waals surface area contributed by atoms with Gasteiger partial charge in [-0.05, 0) is 73.6 Å². The number of hydrogen-bond acceptors (Lipinski definition) is 1. The van der Waals surface area contributed by atoms with Gasteiger partial charge in [0.15, 0.2) is 5.78 Å². The third-order valence-electron chi connectivity index (χ3n) is 3.91. The van der Waals surface area contributed by atoms with Crippen LogP contribution >= 0.6 is 11.6 Å². The van der Waals surface area contributed by atoms with Crippen molar-refractivity contribution >= 4 is 17.4 Å². The smallest absolute Gasteiger partial charge is 0.193 e. The molecule has 2 aromatic rings. The fourth-order valence-corrected chi connectivity index (χ4v) is 3.20. The van der Waals surface area contributed by atoms with Crippen molar-refractivity contribution in [1.29, 1.82) is 0 Å². The lowest BCUT2D eigenvalue weighted by molar-refractivity contribution is 0.103. The van der Waals surface area contributed by atoms with Crippen LogP contribution in [0, 0.1) is 6.92 Å². The number of hydrogen-bond donors (Lipinski definition) is 0. The molecule has 0 saturated carbocycles. The molecule has 2 aromatic carbocycles. The van der Waals surface area contributed by atoms with Crippen molar-refractivity contribution in [3.63, 3.8) is 0 Å². The van der Waals surface area contributed by atoms with Gasteiger partial charge in [-0.1, -0.05) is 23.7 Å². The molecule has 0 saturated heterocycles. The van der Waals surface area contributed by atoms with E-state index in [2.05, 4.69) is 12.1 Å². The molecule has 0 atom stereocenters. The second kappa shape index (κ2) is 5.41. The molecule has 0 spiro atoms. The molecule has 0 bridgehead atoms. The number of benzene rings is 2. The molecule has 0 unspecified atom stereocenters. The normalized spacial score (nSPS) is 13.9. The van der Waals surface area contributed by atoms with Gasteiger partial charge in [0.1, 0.15) is 0 Å². The number of carbonyl (C=O) groups excluding carboxylic acids is 1. The molecule has 0 radical (unpaired) electrons. The van der Waals surface area contributed by atoms with Gasteiger partial charge in [-0.15, -0.1) is 0 Å². The Morgan fingerprint density at radius 3 is 2.45 bits per heavy atom. The first-order chi connectivity index (χ1) is 9.63. The number of halogens is 1. The number of ketones is 1. The summed E-state index contributed by atoms with van der Waals surface area (Å²) in [5.41, 5.74) is 5.19. The molecule has 102 valence electrons. The van der Waals surface area contributed by atoms with E-state index < -0.39 is 0 Å². The van der Waals surface area contributed by atoms with Crippen molar-refractivity contribution in [2.24, 2.45) is 0 Å². The molecule has 1 aliphatic carbocycles. The highest BCUT2D eigenvalue weighted by molar-refractivity contribution is 6.31. The first kappa shape index (κ1) is 13.4. The maximum absolute atomic E-state index is 12.6. The zero-order valence-corrected chi connectivity index (χ0v) is 12.3. The molecule has 20 heavy (non-hydrogen) atoms. The Hall–Kier alpha value is -1.60.